The summed E-state index contributed by atoms with van der Waals surface area (Å²) in [5, 5.41) is 0. The topological polar surface area (TPSA) is 3.24 Å². The Kier molecular flexibility index (Phi) is 3.78. The second-order valence-corrected chi connectivity index (χ2v) is 5.52. The molecule has 0 bridgehead atoms. The van der Waals surface area contributed by atoms with Gasteiger partial charge in [-0.3, -0.25) is 0 Å². The lowest BCUT2D eigenvalue weighted by molar-refractivity contribution is 0.226. The molecule has 1 aliphatic rings. The lowest BCUT2D eigenvalue weighted by atomic mass is 9.88. The van der Waals surface area contributed by atoms with Crippen LogP contribution in [0, 0.1) is 5.41 Å². The molecule has 1 aliphatic heterocycles. The van der Waals surface area contributed by atoms with Gasteiger partial charge in [0, 0.05) is 6.04 Å². The van der Waals surface area contributed by atoms with Crippen molar-refractivity contribution >= 4 is 0 Å². The summed E-state index contributed by atoms with van der Waals surface area (Å²) in [5.74, 6) is 0. The summed E-state index contributed by atoms with van der Waals surface area (Å²) in [5.41, 5.74) is 0.516. The average molecular weight is 183 g/mol. The van der Waals surface area contributed by atoms with Gasteiger partial charge in [0.2, 0.25) is 0 Å². The maximum Gasteiger partial charge on any atom is 0.00958 e. The van der Waals surface area contributed by atoms with Crippen LogP contribution in [0.25, 0.3) is 0 Å². The van der Waals surface area contributed by atoms with E-state index in [-0.39, 0.29) is 0 Å². The normalized spacial score (nSPS) is 25.4. The highest BCUT2D eigenvalue weighted by molar-refractivity contribution is 4.79. The standard InChI is InChI=1S/C12H25N/c1-5-13-10-6-7-11(13)8-9-12(2,3)4/h11H,5-10H2,1-4H3. The molecule has 1 rings (SSSR count). The van der Waals surface area contributed by atoms with Crippen LogP contribution < -0.4 is 0 Å². The van der Waals surface area contributed by atoms with Crippen molar-refractivity contribution in [2.45, 2.75) is 59.4 Å². The molecule has 1 fully saturated rings. The van der Waals surface area contributed by atoms with E-state index in [9.17, 15) is 0 Å². The van der Waals surface area contributed by atoms with E-state index in [1.165, 1.54) is 38.8 Å². The molecule has 0 spiro atoms. The molecule has 1 nitrogen and oxygen atoms in total. The molecule has 1 heteroatoms. The Morgan fingerprint density at radius 1 is 1.31 bits per heavy atom. The fourth-order valence-corrected chi connectivity index (χ4v) is 2.24. The number of likely N-dealkylation sites (tertiary alicyclic amines) is 1. The second kappa shape index (κ2) is 4.45. The van der Waals surface area contributed by atoms with Crippen LogP contribution in [0.4, 0.5) is 0 Å². The molecule has 0 aromatic carbocycles. The minimum absolute atomic E-state index is 0.516. The molecule has 0 saturated carbocycles. The number of hydrogen-bond acceptors (Lipinski definition) is 1. The second-order valence-electron chi connectivity index (χ2n) is 5.52. The van der Waals surface area contributed by atoms with Crippen molar-refractivity contribution in [1.29, 1.82) is 0 Å². The molecule has 0 amide bonds. The van der Waals surface area contributed by atoms with E-state index in [1.54, 1.807) is 0 Å². The van der Waals surface area contributed by atoms with Gasteiger partial charge in [0.1, 0.15) is 0 Å². The van der Waals surface area contributed by atoms with Crippen molar-refractivity contribution in [3.63, 3.8) is 0 Å². The largest absolute Gasteiger partial charge is 0.301 e. The van der Waals surface area contributed by atoms with Gasteiger partial charge in [0.25, 0.3) is 0 Å². The summed E-state index contributed by atoms with van der Waals surface area (Å²) in [7, 11) is 0. The fourth-order valence-electron chi connectivity index (χ4n) is 2.24. The van der Waals surface area contributed by atoms with E-state index >= 15 is 0 Å². The minimum Gasteiger partial charge on any atom is -0.301 e. The molecule has 1 saturated heterocycles. The van der Waals surface area contributed by atoms with Gasteiger partial charge in [0.15, 0.2) is 0 Å². The Morgan fingerprint density at radius 2 is 2.00 bits per heavy atom. The zero-order chi connectivity index (χ0) is 9.90. The van der Waals surface area contributed by atoms with Crippen LogP contribution in [0.5, 0.6) is 0 Å². The SMILES string of the molecule is CCN1CCCC1CCC(C)(C)C. The summed E-state index contributed by atoms with van der Waals surface area (Å²) in [6, 6.07) is 0.893. The first-order valence-electron chi connectivity index (χ1n) is 5.77. The first-order valence-corrected chi connectivity index (χ1v) is 5.77. The third kappa shape index (κ3) is 3.68. The zero-order valence-electron chi connectivity index (χ0n) is 9.77. The van der Waals surface area contributed by atoms with Crippen LogP contribution in [0.3, 0.4) is 0 Å². The van der Waals surface area contributed by atoms with Crippen molar-refractivity contribution in [2.75, 3.05) is 13.1 Å². The van der Waals surface area contributed by atoms with Crippen LogP contribution in [0.1, 0.15) is 53.4 Å². The number of nitrogens with zero attached hydrogens (tertiary/aromatic N) is 1. The van der Waals surface area contributed by atoms with Gasteiger partial charge < -0.3 is 4.90 Å². The summed E-state index contributed by atoms with van der Waals surface area (Å²) >= 11 is 0. The van der Waals surface area contributed by atoms with Crippen LogP contribution in [0.15, 0.2) is 0 Å². The first kappa shape index (κ1) is 11.0. The van der Waals surface area contributed by atoms with Gasteiger partial charge in [0.05, 0.1) is 0 Å². The number of rotatable bonds is 3. The summed E-state index contributed by atoms with van der Waals surface area (Å²) in [6.07, 6.45) is 5.62. The van der Waals surface area contributed by atoms with Crippen molar-refractivity contribution in [3.8, 4) is 0 Å². The van der Waals surface area contributed by atoms with Crippen LogP contribution in [-0.2, 0) is 0 Å². The van der Waals surface area contributed by atoms with Crippen molar-refractivity contribution in [2.24, 2.45) is 5.41 Å². The molecule has 1 atom stereocenters. The van der Waals surface area contributed by atoms with Crippen LogP contribution in [-0.4, -0.2) is 24.0 Å². The van der Waals surface area contributed by atoms with Crippen molar-refractivity contribution < 1.29 is 0 Å². The maximum atomic E-state index is 2.64. The summed E-state index contributed by atoms with van der Waals surface area (Å²) < 4.78 is 0. The Hall–Kier alpha value is -0.0400. The minimum atomic E-state index is 0.516. The van der Waals surface area contributed by atoms with Crippen molar-refractivity contribution in [3.05, 3.63) is 0 Å². The fraction of sp³-hybridized carbons (Fsp3) is 1.00. The molecular weight excluding hydrogens is 158 g/mol. The third-order valence-corrected chi connectivity index (χ3v) is 3.13. The molecular formula is C12H25N. The van der Waals surface area contributed by atoms with E-state index in [0.29, 0.717) is 5.41 Å². The Bertz CT molecular complexity index is 146. The molecule has 1 unspecified atom stereocenters. The van der Waals surface area contributed by atoms with Crippen LogP contribution in [0.2, 0.25) is 0 Å². The Balaban J connectivity index is 2.28. The lowest BCUT2D eigenvalue weighted by Gasteiger charge is -2.26. The third-order valence-electron chi connectivity index (χ3n) is 3.13. The molecule has 0 aromatic rings. The highest BCUT2D eigenvalue weighted by atomic mass is 15.2. The van der Waals surface area contributed by atoms with Crippen molar-refractivity contribution in [1.82, 2.24) is 4.90 Å². The predicted octanol–water partition coefficient (Wildman–Crippen LogP) is 3.30. The molecule has 0 N–H and O–H groups in total. The highest BCUT2D eigenvalue weighted by Crippen LogP contribution is 2.27. The van der Waals surface area contributed by atoms with Gasteiger partial charge in [-0.15, -0.1) is 0 Å². The van der Waals surface area contributed by atoms with Gasteiger partial charge >= 0.3 is 0 Å². The molecule has 13 heavy (non-hydrogen) atoms. The van der Waals surface area contributed by atoms with Gasteiger partial charge in [-0.05, 0) is 44.2 Å². The van der Waals surface area contributed by atoms with Gasteiger partial charge in [-0.1, -0.05) is 27.7 Å². The maximum absolute atomic E-state index is 2.64. The molecule has 78 valence electrons. The smallest absolute Gasteiger partial charge is 0.00958 e. The quantitative estimate of drug-likeness (QED) is 0.649. The monoisotopic (exact) mass is 183 g/mol. The molecule has 0 aliphatic carbocycles. The molecule has 0 radical (unpaired) electrons. The predicted molar refractivity (Wildman–Crippen MR) is 59.0 cm³/mol. The lowest BCUT2D eigenvalue weighted by Crippen LogP contribution is -2.29. The van der Waals surface area contributed by atoms with Gasteiger partial charge in [-0.25, -0.2) is 0 Å². The first-order chi connectivity index (χ1) is 6.03. The van der Waals surface area contributed by atoms with E-state index < -0.39 is 0 Å². The summed E-state index contributed by atoms with van der Waals surface area (Å²) in [4.78, 5) is 2.64. The summed E-state index contributed by atoms with van der Waals surface area (Å²) in [6.45, 7) is 11.9. The zero-order valence-corrected chi connectivity index (χ0v) is 9.77. The Labute approximate surface area is 83.5 Å². The molecule has 1 heterocycles. The van der Waals surface area contributed by atoms with E-state index in [2.05, 4.69) is 32.6 Å². The van der Waals surface area contributed by atoms with Gasteiger partial charge in [-0.2, -0.15) is 0 Å². The number of hydrogen-bond donors (Lipinski definition) is 0. The van der Waals surface area contributed by atoms with E-state index in [1.807, 2.05) is 0 Å². The molecule has 0 aromatic heterocycles. The Morgan fingerprint density at radius 3 is 2.54 bits per heavy atom. The van der Waals surface area contributed by atoms with E-state index in [4.69, 9.17) is 0 Å². The van der Waals surface area contributed by atoms with E-state index in [0.717, 1.165) is 6.04 Å². The van der Waals surface area contributed by atoms with Crippen LogP contribution >= 0.6 is 0 Å². The average Bonchev–Trinajstić information content (AvgIpc) is 2.46. The highest BCUT2D eigenvalue weighted by Gasteiger charge is 2.24.